The first kappa shape index (κ1) is 24.0. The summed E-state index contributed by atoms with van der Waals surface area (Å²) in [7, 11) is 1.85. The lowest BCUT2D eigenvalue weighted by Crippen LogP contribution is -2.41. The highest BCUT2D eigenvalue weighted by Crippen LogP contribution is 2.30. The molecule has 6 heteroatoms. The van der Waals surface area contributed by atoms with Crippen LogP contribution in [0.3, 0.4) is 0 Å². The highest BCUT2D eigenvalue weighted by Gasteiger charge is 2.19. The molecule has 1 saturated carbocycles. The van der Waals surface area contributed by atoms with E-state index in [9.17, 15) is 0 Å². The highest BCUT2D eigenvalue weighted by atomic mass is 127. The van der Waals surface area contributed by atoms with Gasteiger partial charge >= 0.3 is 0 Å². The van der Waals surface area contributed by atoms with Crippen molar-refractivity contribution in [3.63, 3.8) is 0 Å². The molecule has 154 valence electrons. The van der Waals surface area contributed by atoms with Crippen LogP contribution in [0, 0.1) is 17.8 Å². The van der Waals surface area contributed by atoms with Crippen LogP contribution in [-0.2, 0) is 9.47 Å². The van der Waals surface area contributed by atoms with Crippen LogP contribution in [0.4, 0.5) is 0 Å². The molecule has 0 amide bonds. The van der Waals surface area contributed by atoms with Crippen molar-refractivity contribution in [1.82, 2.24) is 10.6 Å². The maximum atomic E-state index is 5.81. The lowest BCUT2D eigenvalue weighted by Gasteiger charge is -2.28. The summed E-state index contributed by atoms with van der Waals surface area (Å²) in [6.45, 7) is 7.79. The third-order valence-electron chi connectivity index (χ3n) is 5.78. The van der Waals surface area contributed by atoms with Crippen LogP contribution in [0.25, 0.3) is 0 Å². The number of rotatable bonds is 9. The van der Waals surface area contributed by atoms with Crippen LogP contribution >= 0.6 is 24.0 Å². The molecule has 0 aromatic carbocycles. The minimum absolute atomic E-state index is 0. The second-order valence-electron chi connectivity index (χ2n) is 7.66. The maximum Gasteiger partial charge on any atom is 0.190 e. The zero-order chi connectivity index (χ0) is 17.7. The molecule has 0 aromatic heterocycles. The van der Waals surface area contributed by atoms with Crippen molar-refractivity contribution in [2.24, 2.45) is 22.7 Å². The van der Waals surface area contributed by atoms with Gasteiger partial charge in [-0.3, -0.25) is 4.99 Å². The number of hydrogen-bond donors (Lipinski definition) is 2. The first-order valence-corrected chi connectivity index (χ1v) is 10.4. The normalized spacial score (nSPS) is 24.8. The van der Waals surface area contributed by atoms with Crippen molar-refractivity contribution in [3.8, 4) is 0 Å². The van der Waals surface area contributed by atoms with Crippen molar-refractivity contribution >= 4 is 29.9 Å². The van der Waals surface area contributed by atoms with E-state index in [0.29, 0.717) is 5.92 Å². The summed E-state index contributed by atoms with van der Waals surface area (Å²) in [5.74, 6) is 3.40. The summed E-state index contributed by atoms with van der Waals surface area (Å²) in [5, 5.41) is 6.91. The maximum absolute atomic E-state index is 5.81. The monoisotopic (exact) mass is 481 g/mol. The number of ether oxygens (including phenoxy) is 2. The van der Waals surface area contributed by atoms with E-state index in [4.69, 9.17) is 9.47 Å². The van der Waals surface area contributed by atoms with Crippen LogP contribution in [0.5, 0.6) is 0 Å². The minimum Gasteiger partial charge on any atom is -0.381 e. The molecule has 2 N–H and O–H groups in total. The summed E-state index contributed by atoms with van der Waals surface area (Å²) in [6, 6.07) is 0. The van der Waals surface area contributed by atoms with Gasteiger partial charge < -0.3 is 20.1 Å². The molecule has 0 bridgehead atoms. The van der Waals surface area contributed by atoms with Crippen molar-refractivity contribution in [2.75, 3.05) is 46.6 Å². The molecule has 0 aromatic rings. The fraction of sp³-hybridized carbons (Fsp3) is 0.950. The largest absolute Gasteiger partial charge is 0.381 e. The molecule has 2 aliphatic rings. The summed E-state index contributed by atoms with van der Waals surface area (Å²) in [6.07, 6.45) is 10.2. The number of nitrogens with zero attached hydrogens (tertiary/aromatic N) is 1. The van der Waals surface area contributed by atoms with E-state index in [1.54, 1.807) is 0 Å². The molecule has 5 nitrogen and oxygen atoms in total. The fourth-order valence-corrected chi connectivity index (χ4v) is 3.85. The van der Waals surface area contributed by atoms with E-state index in [0.717, 1.165) is 76.6 Å². The Bertz CT molecular complexity index is 368. The van der Waals surface area contributed by atoms with Gasteiger partial charge in [-0.15, -0.1) is 24.0 Å². The van der Waals surface area contributed by atoms with E-state index in [2.05, 4.69) is 22.5 Å². The topological polar surface area (TPSA) is 54.9 Å². The van der Waals surface area contributed by atoms with Crippen LogP contribution in [0.1, 0.15) is 58.3 Å². The second-order valence-corrected chi connectivity index (χ2v) is 7.66. The highest BCUT2D eigenvalue weighted by molar-refractivity contribution is 14.0. The van der Waals surface area contributed by atoms with Gasteiger partial charge in [0.05, 0.1) is 0 Å². The van der Waals surface area contributed by atoms with Gasteiger partial charge in [-0.05, 0) is 49.9 Å². The van der Waals surface area contributed by atoms with Gasteiger partial charge in [0.15, 0.2) is 5.96 Å². The van der Waals surface area contributed by atoms with Gasteiger partial charge in [-0.2, -0.15) is 0 Å². The fourth-order valence-electron chi connectivity index (χ4n) is 3.85. The minimum atomic E-state index is 0. The molecule has 2 fully saturated rings. The molecule has 0 unspecified atom stereocenters. The Morgan fingerprint density at radius 1 is 1.00 bits per heavy atom. The Labute approximate surface area is 177 Å². The number of nitrogens with one attached hydrogen (secondary N) is 2. The number of aliphatic imine (C=N–C) groups is 1. The average molecular weight is 481 g/mol. The Morgan fingerprint density at radius 3 is 2.35 bits per heavy atom. The van der Waals surface area contributed by atoms with Gasteiger partial charge in [0.25, 0.3) is 0 Å². The number of guanidine groups is 1. The van der Waals surface area contributed by atoms with E-state index in [1.165, 1.54) is 32.1 Å². The first-order valence-electron chi connectivity index (χ1n) is 10.4. The van der Waals surface area contributed by atoms with Crippen LogP contribution in [0.2, 0.25) is 0 Å². The molecule has 1 saturated heterocycles. The summed E-state index contributed by atoms with van der Waals surface area (Å²) in [4.78, 5) is 4.33. The first-order chi connectivity index (χ1) is 12.3. The molecule has 2 rings (SSSR count). The van der Waals surface area contributed by atoms with Gasteiger partial charge in [0, 0.05) is 46.6 Å². The summed E-state index contributed by atoms with van der Waals surface area (Å²) < 4.78 is 11.2. The van der Waals surface area contributed by atoms with Gasteiger partial charge in [-0.25, -0.2) is 0 Å². The van der Waals surface area contributed by atoms with Crippen molar-refractivity contribution in [2.45, 2.75) is 58.3 Å². The second kappa shape index (κ2) is 14.9. The predicted octanol–water partition coefficient (Wildman–Crippen LogP) is 3.82. The zero-order valence-corrected chi connectivity index (χ0v) is 19.1. The van der Waals surface area contributed by atoms with Crippen molar-refractivity contribution < 1.29 is 9.47 Å². The molecule has 1 aliphatic carbocycles. The van der Waals surface area contributed by atoms with E-state index < -0.39 is 0 Å². The molecular weight excluding hydrogens is 441 g/mol. The van der Waals surface area contributed by atoms with Crippen LogP contribution in [0.15, 0.2) is 4.99 Å². The van der Waals surface area contributed by atoms with Gasteiger partial charge in [-0.1, -0.05) is 26.2 Å². The smallest absolute Gasteiger partial charge is 0.190 e. The van der Waals surface area contributed by atoms with Gasteiger partial charge in [0.1, 0.15) is 0 Å². The third kappa shape index (κ3) is 9.74. The lowest BCUT2D eigenvalue weighted by atomic mass is 9.81. The quantitative estimate of drug-likeness (QED) is 0.228. The number of hydrogen-bond acceptors (Lipinski definition) is 3. The molecule has 1 aliphatic heterocycles. The molecule has 1 heterocycles. The summed E-state index contributed by atoms with van der Waals surface area (Å²) in [5.41, 5.74) is 0. The molecule has 0 radical (unpaired) electrons. The molecular formula is C20H40IN3O2. The lowest BCUT2D eigenvalue weighted by molar-refractivity contribution is 0.0203. The standard InChI is InChI=1S/C20H39N3O2.HI/c1-3-17-5-7-18(8-6-17)15-23-20(21-2)22-11-4-12-25-16-19-9-13-24-14-10-19;/h17-19H,3-16H2,1-2H3,(H2,21,22,23);1H. The van der Waals surface area contributed by atoms with Crippen LogP contribution < -0.4 is 10.6 Å². The van der Waals surface area contributed by atoms with Crippen molar-refractivity contribution in [3.05, 3.63) is 0 Å². The van der Waals surface area contributed by atoms with E-state index in [-0.39, 0.29) is 24.0 Å². The van der Waals surface area contributed by atoms with Gasteiger partial charge in [0.2, 0.25) is 0 Å². The van der Waals surface area contributed by atoms with E-state index >= 15 is 0 Å². The molecule has 0 spiro atoms. The Balaban J connectivity index is 0.00000338. The SMILES string of the molecule is CCC1CCC(CNC(=NC)NCCCOCC2CCOCC2)CC1.I. The average Bonchev–Trinajstić information content (AvgIpc) is 2.68. The zero-order valence-electron chi connectivity index (χ0n) is 16.8. The van der Waals surface area contributed by atoms with E-state index in [1.807, 2.05) is 7.05 Å². The van der Waals surface area contributed by atoms with Crippen LogP contribution in [-0.4, -0.2) is 52.5 Å². The molecule has 26 heavy (non-hydrogen) atoms. The number of halogens is 1. The Morgan fingerprint density at radius 2 is 1.69 bits per heavy atom. The summed E-state index contributed by atoms with van der Waals surface area (Å²) >= 11 is 0. The van der Waals surface area contributed by atoms with Crippen molar-refractivity contribution in [1.29, 1.82) is 0 Å². The third-order valence-corrected chi connectivity index (χ3v) is 5.78. The Kier molecular flexibility index (Phi) is 13.7. The Hall–Kier alpha value is -0.0800. The molecule has 0 atom stereocenters. The predicted molar refractivity (Wildman–Crippen MR) is 119 cm³/mol.